The van der Waals surface area contributed by atoms with Crippen LogP contribution in [0.3, 0.4) is 0 Å². The van der Waals surface area contributed by atoms with Crippen LogP contribution in [0.5, 0.6) is 0 Å². The van der Waals surface area contributed by atoms with Gasteiger partial charge in [0.05, 0.1) is 6.20 Å². The molecule has 0 saturated carbocycles. The predicted octanol–water partition coefficient (Wildman–Crippen LogP) is 1.34. The van der Waals surface area contributed by atoms with E-state index in [1.165, 1.54) is 5.75 Å². The second-order valence-electron chi connectivity index (χ2n) is 4.69. The van der Waals surface area contributed by atoms with Crippen molar-refractivity contribution in [3.05, 3.63) is 18.0 Å². The van der Waals surface area contributed by atoms with Crippen molar-refractivity contribution in [3.8, 4) is 0 Å². The topological polar surface area (TPSA) is 47.1 Å². The summed E-state index contributed by atoms with van der Waals surface area (Å²) in [7, 11) is 2.17. The molecule has 17 heavy (non-hydrogen) atoms. The minimum Gasteiger partial charge on any atom is -0.323 e. The Morgan fingerprint density at radius 1 is 1.65 bits per heavy atom. The van der Waals surface area contributed by atoms with Gasteiger partial charge in [0.1, 0.15) is 0 Å². The average Bonchev–Trinajstić information content (AvgIpc) is 2.78. The molecule has 0 bridgehead atoms. The zero-order valence-electron chi connectivity index (χ0n) is 10.7. The standard InChI is InChI=1S/C12H22N4S/c1-3-4-16-8-10(7-14-16)12(13)11-9-17-6-5-15(11)2/h7-8,11-12H,3-6,9,13H2,1-2H3. The van der Waals surface area contributed by atoms with Gasteiger partial charge in [0.2, 0.25) is 0 Å². The van der Waals surface area contributed by atoms with E-state index in [1.807, 2.05) is 22.6 Å². The van der Waals surface area contributed by atoms with Gasteiger partial charge in [0.25, 0.3) is 0 Å². The smallest absolute Gasteiger partial charge is 0.0538 e. The summed E-state index contributed by atoms with van der Waals surface area (Å²) < 4.78 is 1.99. The molecule has 0 radical (unpaired) electrons. The van der Waals surface area contributed by atoms with Crippen LogP contribution in [0, 0.1) is 0 Å². The quantitative estimate of drug-likeness (QED) is 0.881. The van der Waals surface area contributed by atoms with Crippen molar-refractivity contribution in [2.24, 2.45) is 5.73 Å². The van der Waals surface area contributed by atoms with Gasteiger partial charge >= 0.3 is 0 Å². The van der Waals surface area contributed by atoms with Crippen LogP contribution in [0.15, 0.2) is 12.4 Å². The lowest BCUT2D eigenvalue weighted by Gasteiger charge is -2.35. The van der Waals surface area contributed by atoms with E-state index >= 15 is 0 Å². The van der Waals surface area contributed by atoms with Crippen LogP contribution >= 0.6 is 11.8 Å². The molecule has 1 fully saturated rings. The molecular weight excluding hydrogens is 232 g/mol. The van der Waals surface area contributed by atoms with Gasteiger partial charge in [-0.2, -0.15) is 16.9 Å². The number of nitrogens with zero attached hydrogens (tertiary/aromatic N) is 3. The normalized spacial score (nSPS) is 23.8. The zero-order valence-corrected chi connectivity index (χ0v) is 11.5. The summed E-state index contributed by atoms with van der Waals surface area (Å²) in [6, 6.07) is 0.520. The van der Waals surface area contributed by atoms with E-state index in [0.29, 0.717) is 6.04 Å². The Bertz CT molecular complexity index is 352. The third-order valence-corrected chi connectivity index (χ3v) is 4.40. The van der Waals surface area contributed by atoms with Crippen LogP contribution in [-0.4, -0.2) is 45.8 Å². The summed E-state index contributed by atoms with van der Waals surface area (Å²) in [6.45, 7) is 4.26. The molecule has 0 amide bonds. The highest BCUT2D eigenvalue weighted by Crippen LogP contribution is 2.24. The van der Waals surface area contributed by atoms with Gasteiger partial charge in [0, 0.05) is 48.4 Å². The molecule has 4 nitrogen and oxygen atoms in total. The Kier molecular flexibility index (Phi) is 4.48. The molecule has 5 heteroatoms. The highest BCUT2D eigenvalue weighted by Gasteiger charge is 2.27. The Morgan fingerprint density at radius 2 is 2.47 bits per heavy atom. The minimum atomic E-state index is 0.0819. The molecule has 0 spiro atoms. The van der Waals surface area contributed by atoms with Crippen molar-refractivity contribution in [2.45, 2.75) is 32.0 Å². The van der Waals surface area contributed by atoms with Crippen molar-refractivity contribution in [3.63, 3.8) is 0 Å². The predicted molar refractivity (Wildman–Crippen MR) is 73.2 cm³/mol. The van der Waals surface area contributed by atoms with Gasteiger partial charge in [-0.3, -0.25) is 9.58 Å². The van der Waals surface area contributed by atoms with Crippen LogP contribution in [0.2, 0.25) is 0 Å². The number of hydrogen-bond acceptors (Lipinski definition) is 4. The van der Waals surface area contributed by atoms with E-state index in [4.69, 9.17) is 5.73 Å². The van der Waals surface area contributed by atoms with Crippen molar-refractivity contribution >= 4 is 11.8 Å². The first-order chi connectivity index (χ1) is 8.22. The second kappa shape index (κ2) is 5.89. The molecular formula is C12H22N4S. The van der Waals surface area contributed by atoms with Crippen molar-refractivity contribution < 1.29 is 0 Å². The lowest BCUT2D eigenvalue weighted by molar-refractivity contribution is 0.237. The van der Waals surface area contributed by atoms with Gasteiger partial charge in [-0.05, 0) is 13.5 Å². The Balaban J connectivity index is 2.04. The maximum Gasteiger partial charge on any atom is 0.0538 e. The number of rotatable bonds is 4. The summed E-state index contributed by atoms with van der Waals surface area (Å²) in [6.07, 6.45) is 5.13. The molecule has 0 aromatic carbocycles. The fourth-order valence-corrected chi connectivity index (χ4v) is 3.50. The highest BCUT2D eigenvalue weighted by molar-refractivity contribution is 7.99. The number of aromatic nitrogens is 2. The third kappa shape index (κ3) is 3.03. The van der Waals surface area contributed by atoms with Gasteiger partial charge in [-0.25, -0.2) is 0 Å². The van der Waals surface area contributed by atoms with Gasteiger partial charge in [-0.15, -0.1) is 0 Å². The molecule has 2 atom stereocenters. The largest absolute Gasteiger partial charge is 0.323 e. The number of thioether (sulfide) groups is 1. The van der Waals surface area contributed by atoms with Crippen LogP contribution in [0.4, 0.5) is 0 Å². The number of nitrogens with two attached hydrogens (primary N) is 1. The Morgan fingerprint density at radius 3 is 3.18 bits per heavy atom. The number of aryl methyl sites for hydroxylation is 1. The van der Waals surface area contributed by atoms with E-state index in [1.54, 1.807) is 0 Å². The van der Waals surface area contributed by atoms with Crippen molar-refractivity contribution in [1.29, 1.82) is 0 Å². The molecule has 1 aliphatic heterocycles. The van der Waals surface area contributed by atoms with E-state index in [0.717, 1.165) is 30.8 Å². The Labute approximate surface area is 108 Å². The van der Waals surface area contributed by atoms with Crippen LogP contribution in [-0.2, 0) is 6.54 Å². The fraction of sp³-hybridized carbons (Fsp3) is 0.750. The van der Waals surface area contributed by atoms with Crippen molar-refractivity contribution in [1.82, 2.24) is 14.7 Å². The zero-order chi connectivity index (χ0) is 12.3. The van der Waals surface area contributed by atoms with E-state index in [2.05, 4.69) is 30.2 Å². The molecule has 2 unspecified atom stereocenters. The molecule has 1 saturated heterocycles. The molecule has 2 N–H and O–H groups in total. The maximum atomic E-state index is 6.36. The molecule has 2 heterocycles. The van der Waals surface area contributed by atoms with E-state index in [9.17, 15) is 0 Å². The molecule has 1 aliphatic rings. The molecule has 2 rings (SSSR count). The number of likely N-dealkylation sites (N-methyl/N-ethyl adjacent to an activating group) is 1. The third-order valence-electron chi connectivity index (χ3n) is 3.35. The van der Waals surface area contributed by atoms with Gasteiger partial charge in [-0.1, -0.05) is 6.92 Å². The lowest BCUT2D eigenvalue weighted by Crippen LogP contribution is -2.46. The Hall–Kier alpha value is -0.520. The first-order valence-corrected chi connectivity index (χ1v) is 7.43. The van der Waals surface area contributed by atoms with Crippen LogP contribution in [0.25, 0.3) is 0 Å². The summed E-state index contributed by atoms with van der Waals surface area (Å²) >= 11 is 2.00. The first-order valence-electron chi connectivity index (χ1n) is 6.28. The lowest BCUT2D eigenvalue weighted by atomic mass is 10.0. The van der Waals surface area contributed by atoms with Gasteiger partial charge in [0.15, 0.2) is 0 Å². The SMILES string of the molecule is CCCn1cc(C(N)C2CSCCN2C)cn1. The average molecular weight is 254 g/mol. The fourth-order valence-electron chi connectivity index (χ4n) is 2.21. The summed E-state index contributed by atoms with van der Waals surface area (Å²) in [5, 5.41) is 4.36. The van der Waals surface area contributed by atoms with Crippen molar-refractivity contribution in [2.75, 3.05) is 25.1 Å². The molecule has 1 aromatic rings. The van der Waals surface area contributed by atoms with E-state index in [-0.39, 0.29) is 6.04 Å². The van der Waals surface area contributed by atoms with E-state index < -0.39 is 0 Å². The van der Waals surface area contributed by atoms with Gasteiger partial charge < -0.3 is 5.73 Å². The minimum absolute atomic E-state index is 0.0819. The second-order valence-corrected chi connectivity index (χ2v) is 5.84. The van der Waals surface area contributed by atoms with Crippen LogP contribution < -0.4 is 5.73 Å². The highest BCUT2D eigenvalue weighted by atomic mass is 32.2. The number of hydrogen-bond donors (Lipinski definition) is 1. The first kappa shape index (κ1) is 12.9. The maximum absolute atomic E-state index is 6.36. The summed E-state index contributed by atoms with van der Waals surface area (Å²) in [5.74, 6) is 2.34. The molecule has 1 aromatic heterocycles. The summed E-state index contributed by atoms with van der Waals surface area (Å²) in [5.41, 5.74) is 7.53. The monoisotopic (exact) mass is 254 g/mol. The molecule has 0 aliphatic carbocycles. The van der Waals surface area contributed by atoms with Crippen LogP contribution in [0.1, 0.15) is 24.9 Å². The molecule has 96 valence electrons. The summed E-state index contributed by atoms with van der Waals surface area (Å²) in [4.78, 5) is 2.37.